The minimum atomic E-state index is 0.422. The summed E-state index contributed by atoms with van der Waals surface area (Å²) in [6.45, 7) is 0. The second-order valence-electron chi connectivity index (χ2n) is 6.82. The van der Waals surface area contributed by atoms with Crippen LogP contribution in [0.3, 0.4) is 0 Å². The summed E-state index contributed by atoms with van der Waals surface area (Å²) in [7, 11) is 0. The summed E-state index contributed by atoms with van der Waals surface area (Å²) >= 11 is 1.62. The molecule has 3 aromatic heterocycles. The molecule has 0 radical (unpaired) electrons. The molecule has 0 bridgehead atoms. The Morgan fingerprint density at radius 1 is 1.08 bits per heavy atom. The van der Waals surface area contributed by atoms with E-state index in [1.165, 1.54) is 12.0 Å². The van der Waals surface area contributed by atoms with Crippen molar-refractivity contribution in [1.29, 1.82) is 0 Å². The SMILES string of the molecule is Nc1ncnc2c1c(-c1nccs1)cn2C1CCC(c2ccccc2)C1. The monoisotopic (exact) mass is 361 g/mol. The van der Waals surface area contributed by atoms with E-state index >= 15 is 0 Å². The Balaban J connectivity index is 1.57. The summed E-state index contributed by atoms with van der Waals surface area (Å²) in [5.41, 5.74) is 9.59. The predicted molar refractivity (Wildman–Crippen MR) is 105 cm³/mol. The van der Waals surface area contributed by atoms with Crippen LogP contribution >= 0.6 is 11.3 Å². The number of hydrogen-bond acceptors (Lipinski definition) is 5. The van der Waals surface area contributed by atoms with Crippen molar-refractivity contribution in [2.45, 2.75) is 31.2 Å². The second-order valence-corrected chi connectivity index (χ2v) is 7.71. The first-order chi connectivity index (χ1) is 12.8. The highest BCUT2D eigenvalue weighted by molar-refractivity contribution is 7.13. The molecule has 1 aliphatic rings. The van der Waals surface area contributed by atoms with E-state index in [1.54, 1.807) is 17.7 Å². The number of hydrogen-bond donors (Lipinski definition) is 1. The van der Waals surface area contributed by atoms with Crippen molar-refractivity contribution in [2.75, 3.05) is 5.73 Å². The van der Waals surface area contributed by atoms with Gasteiger partial charge in [0.05, 0.1) is 5.39 Å². The second kappa shape index (κ2) is 6.21. The van der Waals surface area contributed by atoms with E-state index in [9.17, 15) is 0 Å². The quantitative estimate of drug-likeness (QED) is 0.577. The molecule has 5 nitrogen and oxygen atoms in total. The molecule has 0 amide bonds. The average molecular weight is 361 g/mol. The largest absolute Gasteiger partial charge is 0.383 e. The molecule has 2 atom stereocenters. The number of thiazole rings is 1. The van der Waals surface area contributed by atoms with E-state index < -0.39 is 0 Å². The van der Waals surface area contributed by atoms with Crippen LogP contribution in [0.4, 0.5) is 5.82 Å². The van der Waals surface area contributed by atoms with E-state index in [-0.39, 0.29) is 0 Å². The topological polar surface area (TPSA) is 69.6 Å². The normalized spacial score (nSPS) is 20.0. The number of rotatable bonds is 3. The van der Waals surface area contributed by atoms with Gasteiger partial charge in [-0.05, 0) is 30.7 Å². The number of benzene rings is 1. The summed E-state index contributed by atoms with van der Waals surface area (Å²) in [4.78, 5) is 13.2. The summed E-state index contributed by atoms with van der Waals surface area (Å²) in [5, 5.41) is 3.87. The number of anilines is 1. The van der Waals surface area contributed by atoms with Crippen LogP contribution in [0.25, 0.3) is 21.6 Å². The molecule has 1 saturated carbocycles. The van der Waals surface area contributed by atoms with Crippen LogP contribution in [0.1, 0.15) is 36.8 Å². The van der Waals surface area contributed by atoms with Crippen molar-refractivity contribution in [1.82, 2.24) is 19.5 Å². The Kier molecular flexibility index (Phi) is 3.71. The third-order valence-corrected chi connectivity index (χ3v) is 6.18. The molecule has 4 aromatic rings. The van der Waals surface area contributed by atoms with Gasteiger partial charge in [0.15, 0.2) is 0 Å². The van der Waals surface area contributed by atoms with Gasteiger partial charge in [-0.2, -0.15) is 0 Å². The number of aromatic nitrogens is 4. The van der Waals surface area contributed by atoms with Gasteiger partial charge >= 0.3 is 0 Å². The van der Waals surface area contributed by atoms with Crippen molar-refractivity contribution in [3.63, 3.8) is 0 Å². The molecule has 1 aliphatic carbocycles. The van der Waals surface area contributed by atoms with E-state index in [2.05, 4.69) is 56.0 Å². The van der Waals surface area contributed by atoms with Crippen LogP contribution in [0, 0.1) is 0 Å². The minimum Gasteiger partial charge on any atom is -0.383 e. The van der Waals surface area contributed by atoms with Crippen LogP contribution in [0.2, 0.25) is 0 Å². The van der Waals surface area contributed by atoms with Gasteiger partial charge in [0, 0.05) is 29.4 Å². The molecular formula is C20H19N5S. The van der Waals surface area contributed by atoms with Crippen LogP contribution in [-0.2, 0) is 0 Å². The van der Waals surface area contributed by atoms with Gasteiger partial charge in [-0.1, -0.05) is 30.3 Å². The third kappa shape index (κ3) is 2.49. The molecule has 0 saturated heterocycles. The summed E-state index contributed by atoms with van der Waals surface area (Å²) in [6.07, 6.45) is 9.02. The number of nitrogen functional groups attached to an aromatic ring is 1. The van der Waals surface area contributed by atoms with E-state index in [0.29, 0.717) is 17.8 Å². The summed E-state index contributed by atoms with van der Waals surface area (Å²) in [6, 6.07) is 11.2. The zero-order chi connectivity index (χ0) is 17.5. The molecule has 1 aromatic carbocycles. The Morgan fingerprint density at radius 2 is 1.96 bits per heavy atom. The zero-order valence-electron chi connectivity index (χ0n) is 14.2. The molecule has 6 heteroatoms. The van der Waals surface area contributed by atoms with Crippen molar-refractivity contribution in [3.8, 4) is 10.6 Å². The molecule has 1 fully saturated rings. The molecule has 26 heavy (non-hydrogen) atoms. The first-order valence-corrected chi connectivity index (χ1v) is 9.75. The number of nitrogens with two attached hydrogens (primary N) is 1. The lowest BCUT2D eigenvalue weighted by atomic mass is 9.98. The lowest BCUT2D eigenvalue weighted by Crippen LogP contribution is -2.05. The highest BCUT2D eigenvalue weighted by Crippen LogP contribution is 2.44. The van der Waals surface area contributed by atoms with Crippen LogP contribution in [-0.4, -0.2) is 19.5 Å². The van der Waals surface area contributed by atoms with Gasteiger partial charge in [-0.3, -0.25) is 0 Å². The molecular weight excluding hydrogens is 342 g/mol. The molecule has 5 rings (SSSR count). The zero-order valence-corrected chi connectivity index (χ0v) is 15.1. The van der Waals surface area contributed by atoms with Crippen LogP contribution in [0.5, 0.6) is 0 Å². The average Bonchev–Trinajstić information content (AvgIpc) is 3.41. The Hall–Kier alpha value is -2.73. The van der Waals surface area contributed by atoms with Crippen LogP contribution in [0.15, 0.2) is 54.4 Å². The van der Waals surface area contributed by atoms with Crippen LogP contribution < -0.4 is 5.73 Å². The number of fused-ring (bicyclic) bond motifs is 1. The smallest absolute Gasteiger partial charge is 0.146 e. The van der Waals surface area contributed by atoms with Crippen molar-refractivity contribution < 1.29 is 0 Å². The standard InChI is InChI=1S/C20H19N5S/c21-18-17-16(20-22-8-9-26-20)11-25(19(17)24-12-23-18)15-7-6-14(10-15)13-4-2-1-3-5-13/h1-5,8-9,11-12,14-15H,6-7,10H2,(H2,21,23,24). The van der Waals surface area contributed by atoms with Crippen molar-refractivity contribution in [3.05, 3.63) is 60.0 Å². The van der Waals surface area contributed by atoms with E-state index in [4.69, 9.17) is 5.73 Å². The summed E-state index contributed by atoms with van der Waals surface area (Å²) < 4.78 is 2.30. The minimum absolute atomic E-state index is 0.422. The Bertz CT molecular complexity index is 1040. The van der Waals surface area contributed by atoms with E-state index in [0.717, 1.165) is 34.4 Å². The Labute approximate surface area is 155 Å². The fourth-order valence-corrected chi connectivity index (χ4v) is 4.80. The molecule has 2 N–H and O–H groups in total. The highest BCUT2D eigenvalue weighted by atomic mass is 32.1. The van der Waals surface area contributed by atoms with Crippen molar-refractivity contribution >= 4 is 28.2 Å². The maximum Gasteiger partial charge on any atom is 0.146 e. The predicted octanol–water partition coefficient (Wildman–Crippen LogP) is 4.65. The van der Waals surface area contributed by atoms with Gasteiger partial charge in [0.25, 0.3) is 0 Å². The first-order valence-electron chi connectivity index (χ1n) is 8.87. The fourth-order valence-electron chi connectivity index (χ4n) is 4.14. The molecule has 2 unspecified atom stereocenters. The lowest BCUT2D eigenvalue weighted by Gasteiger charge is -2.14. The van der Waals surface area contributed by atoms with Gasteiger partial charge < -0.3 is 10.3 Å². The van der Waals surface area contributed by atoms with E-state index in [1.807, 2.05) is 11.6 Å². The lowest BCUT2D eigenvalue weighted by molar-refractivity contribution is 0.524. The molecule has 130 valence electrons. The van der Waals surface area contributed by atoms with Gasteiger partial charge in [-0.25, -0.2) is 15.0 Å². The first kappa shape index (κ1) is 15.5. The summed E-state index contributed by atoms with van der Waals surface area (Å²) in [5.74, 6) is 1.12. The van der Waals surface area contributed by atoms with Gasteiger partial charge in [-0.15, -0.1) is 11.3 Å². The molecule has 0 spiro atoms. The maximum atomic E-state index is 6.21. The maximum absolute atomic E-state index is 6.21. The molecule has 0 aliphatic heterocycles. The number of nitrogens with zero attached hydrogens (tertiary/aromatic N) is 4. The third-order valence-electron chi connectivity index (χ3n) is 5.37. The van der Waals surface area contributed by atoms with Gasteiger partial charge in [0.1, 0.15) is 22.8 Å². The Morgan fingerprint density at radius 3 is 2.77 bits per heavy atom. The van der Waals surface area contributed by atoms with Crippen molar-refractivity contribution in [2.24, 2.45) is 0 Å². The van der Waals surface area contributed by atoms with Gasteiger partial charge in [0.2, 0.25) is 0 Å². The fraction of sp³-hybridized carbons (Fsp3) is 0.250. The highest BCUT2D eigenvalue weighted by Gasteiger charge is 2.29. The molecule has 3 heterocycles.